The first-order valence-electron chi connectivity index (χ1n) is 8.44. The second kappa shape index (κ2) is 6.34. The molecule has 2 aliphatic rings. The van der Waals surface area contributed by atoms with E-state index in [9.17, 15) is 9.59 Å². The molecule has 2 fully saturated rings. The molecule has 0 aromatic carbocycles. The molecule has 2 aliphatic carbocycles. The number of amides is 1. The van der Waals surface area contributed by atoms with E-state index in [2.05, 4.69) is 29.1 Å². The van der Waals surface area contributed by atoms with Crippen molar-refractivity contribution in [1.82, 2.24) is 15.3 Å². The SMILES string of the molecule is CC1CC2CC(C)CC(NC(=O)COc3cc[nH]c(=O)n3)(C1)C2. The molecule has 1 amide bonds. The van der Waals surface area contributed by atoms with Crippen molar-refractivity contribution in [2.24, 2.45) is 17.8 Å². The summed E-state index contributed by atoms with van der Waals surface area (Å²) in [6, 6.07) is 1.54. The number of carbonyl (C=O) groups excluding carboxylic acids is 1. The zero-order valence-electron chi connectivity index (χ0n) is 13.8. The Morgan fingerprint density at radius 2 is 2.04 bits per heavy atom. The van der Waals surface area contributed by atoms with Crippen LogP contribution in [0.5, 0.6) is 5.88 Å². The zero-order chi connectivity index (χ0) is 16.4. The number of rotatable bonds is 4. The molecule has 0 radical (unpaired) electrons. The minimum Gasteiger partial charge on any atom is -0.467 e. The number of aromatic amines is 1. The van der Waals surface area contributed by atoms with Gasteiger partial charge < -0.3 is 15.0 Å². The smallest absolute Gasteiger partial charge is 0.348 e. The lowest BCUT2D eigenvalue weighted by Crippen LogP contribution is -2.57. The van der Waals surface area contributed by atoms with E-state index in [1.807, 2.05) is 0 Å². The van der Waals surface area contributed by atoms with E-state index < -0.39 is 5.69 Å². The summed E-state index contributed by atoms with van der Waals surface area (Å²) in [6.07, 6.45) is 7.17. The van der Waals surface area contributed by atoms with Crippen LogP contribution in [0, 0.1) is 17.8 Å². The molecule has 2 unspecified atom stereocenters. The molecule has 23 heavy (non-hydrogen) atoms. The summed E-state index contributed by atoms with van der Waals surface area (Å²) < 4.78 is 5.34. The van der Waals surface area contributed by atoms with Gasteiger partial charge in [-0.2, -0.15) is 4.98 Å². The summed E-state index contributed by atoms with van der Waals surface area (Å²) in [6.45, 7) is 4.45. The molecule has 6 nitrogen and oxygen atoms in total. The van der Waals surface area contributed by atoms with Crippen LogP contribution in [0.2, 0.25) is 0 Å². The zero-order valence-corrected chi connectivity index (χ0v) is 13.8. The molecule has 1 heterocycles. The predicted octanol–water partition coefficient (Wildman–Crippen LogP) is 1.87. The number of aromatic nitrogens is 2. The molecule has 6 heteroatoms. The van der Waals surface area contributed by atoms with Gasteiger partial charge in [-0.15, -0.1) is 0 Å². The Hall–Kier alpha value is -1.85. The third kappa shape index (κ3) is 3.92. The Morgan fingerprint density at radius 1 is 1.35 bits per heavy atom. The monoisotopic (exact) mass is 319 g/mol. The first-order valence-corrected chi connectivity index (χ1v) is 8.44. The highest BCUT2D eigenvalue weighted by Crippen LogP contribution is 2.47. The van der Waals surface area contributed by atoms with Gasteiger partial charge in [0.1, 0.15) is 0 Å². The summed E-state index contributed by atoms with van der Waals surface area (Å²) in [5, 5.41) is 3.23. The van der Waals surface area contributed by atoms with Crippen LogP contribution in [-0.2, 0) is 4.79 Å². The average Bonchev–Trinajstić information content (AvgIpc) is 2.43. The number of hydrogen-bond acceptors (Lipinski definition) is 4. The molecule has 2 bridgehead atoms. The van der Waals surface area contributed by atoms with Crippen LogP contribution >= 0.6 is 0 Å². The minimum atomic E-state index is -0.480. The second-order valence-electron chi connectivity index (χ2n) is 7.51. The summed E-state index contributed by atoms with van der Waals surface area (Å²) in [5.74, 6) is 2.06. The first-order chi connectivity index (χ1) is 10.9. The molecule has 1 aromatic rings. The van der Waals surface area contributed by atoms with Gasteiger partial charge in [0, 0.05) is 17.8 Å². The van der Waals surface area contributed by atoms with Crippen LogP contribution in [0.25, 0.3) is 0 Å². The standard InChI is InChI=1S/C17H25N3O3/c1-11-5-13-6-12(2)8-17(7-11,9-13)20-14(21)10-23-15-3-4-18-16(22)19-15/h3-4,11-13H,5-10H2,1-2H3,(H,20,21)(H,18,19,22). The first kappa shape index (κ1) is 16.0. The number of nitrogens with one attached hydrogen (secondary N) is 2. The maximum Gasteiger partial charge on any atom is 0.348 e. The Kier molecular flexibility index (Phi) is 4.41. The van der Waals surface area contributed by atoms with E-state index in [1.165, 1.54) is 25.1 Å². The van der Waals surface area contributed by atoms with Gasteiger partial charge in [0.25, 0.3) is 5.91 Å². The summed E-state index contributed by atoms with van der Waals surface area (Å²) in [4.78, 5) is 29.5. The lowest BCUT2D eigenvalue weighted by atomic mass is 9.61. The summed E-state index contributed by atoms with van der Waals surface area (Å²) in [7, 11) is 0. The molecule has 0 aliphatic heterocycles. The fraction of sp³-hybridized carbons (Fsp3) is 0.706. The van der Waals surface area contributed by atoms with Gasteiger partial charge in [-0.05, 0) is 49.9 Å². The largest absolute Gasteiger partial charge is 0.467 e. The fourth-order valence-electron chi connectivity index (χ4n) is 4.76. The Labute approximate surface area is 136 Å². The molecule has 1 aromatic heterocycles. The van der Waals surface area contributed by atoms with E-state index in [4.69, 9.17) is 4.74 Å². The van der Waals surface area contributed by atoms with Crippen molar-refractivity contribution in [3.05, 3.63) is 22.7 Å². The van der Waals surface area contributed by atoms with Gasteiger partial charge in [-0.25, -0.2) is 4.79 Å². The maximum atomic E-state index is 12.3. The van der Waals surface area contributed by atoms with E-state index in [-0.39, 0.29) is 23.9 Å². The average molecular weight is 319 g/mol. The number of nitrogens with zero attached hydrogens (tertiary/aromatic N) is 1. The Balaban J connectivity index is 1.60. The van der Waals surface area contributed by atoms with E-state index in [0.717, 1.165) is 25.2 Å². The Morgan fingerprint density at radius 3 is 2.70 bits per heavy atom. The molecule has 2 N–H and O–H groups in total. The van der Waals surface area contributed by atoms with Gasteiger partial charge in [0.15, 0.2) is 6.61 Å². The number of hydrogen-bond donors (Lipinski definition) is 2. The van der Waals surface area contributed by atoms with Gasteiger partial charge in [-0.1, -0.05) is 13.8 Å². The number of fused-ring (bicyclic) bond motifs is 2. The second-order valence-corrected chi connectivity index (χ2v) is 7.51. The highest BCUT2D eigenvalue weighted by atomic mass is 16.5. The molecular formula is C17H25N3O3. The van der Waals surface area contributed by atoms with Gasteiger partial charge in [-0.3, -0.25) is 4.79 Å². The molecule has 2 saturated carbocycles. The lowest BCUT2D eigenvalue weighted by molar-refractivity contribution is -0.127. The van der Waals surface area contributed by atoms with Gasteiger partial charge in [0.05, 0.1) is 0 Å². The number of ether oxygens (including phenoxy) is 1. The molecular weight excluding hydrogens is 294 g/mol. The van der Waals surface area contributed by atoms with Crippen LogP contribution in [-0.4, -0.2) is 28.0 Å². The molecule has 0 saturated heterocycles. The molecule has 0 spiro atoms. The third-order valence-electron chi connectivity index (χ3n) is 5.03. The quantitative estimate of drug-likeness (QED) is 0.887. The van der Waals surface area contributed by atoms with Crippen molar-refractivity contribution in [2.75, 3.05) is 6.61 Å². The molecule has 126 valence electrons. The third-order valence-corrected chi connectivity index (χ3v) is 5.03. The lowest BCUT2D eigenvalue weighted by Gasteiger charge is -2.50. The van der Waals surface area contributed by atoms with Crippen molar-refractivity contribution < 1.29 is 9.53 Å². The van der Waals surface area contributed by atoms with E-state index in [1.54, 1.807) is 0 Å². The van der Waals surface area contributed by atoms with Crippen LogP contribution in [0.1, 0.15) is 46.0 Å². The van der Waals surface area contributed by atoms with Crippen molar-refractivity contribution >= 4 is 5.91 Å². The Bertz CT molecular complexity index is 608. The highest BCUT2D eigenvalue weighted by molar-refractivity contribution is 5.78. The summed E-state index contributed by atoms with van der Waals surface area (Å²) in [5.41, 5.74) is -0.561. The summed E-state index contributed by atoms with van der Waals surface area (Å²) >= 11 is 0. The van der Waals surface area contributed by atoms with Crippen molar-refractivity contribution in [3.63, 3.8) is 0 Å². The van der Waals surface area contributed by atoms with E-state index >= 15 is 0 Å². The van der Waals surface area contributed by atoms with Crippen molar-refractivity contribution in [3.8, 4) is 5.88 Å². The normalized spacial score (nSPS) is 33.0. The van der Waals surface area contributed by atoms with Crippen LogP contribution in [0.4, 0.5) is 0 Å². The fourth-order valence-corrected chi connectivity index (χ4v) is 4.76. The molecule has 3 rings (SSSR count). The van der Waals surface area contributed by atoms with Gasteiger partial charge in [0.2, 0.25) is 5.88 Å². The van der Waals surface area contributed by atoms with E-state index in [0.29, 0.717) is 11.8 Å². The highest BCUT2D eigenvalue weighted by Gasteiger charge is 2.44. The number of H-pyrrole nitrogens is 1. The van der Waals surface area contributed by atoms with Crippen LogP contribution in [0.15, 0.2) is 17.1 Å². The van der Waals surface area contributed by atoms with Crippen LogP contribution < -0.4 is 15.7 Å². The predicted molar refractivity (Wildman–Crippen MR) is 86.1 cm³/mol. The van der Waals surface area contributed by atoms with Gasteiger partial charge >= 0.3 is 5.69 Å². The maximum absolute atomic E-state index is 12.3. The van der Waals surface area contributed by atoms with Crippen molar-refractivity contribution in [2.45, 2.75) is 51.5 Å². The van der Waals surface area contributed by atoms with Crippen LogP contribution in [0.3, 0.4) is 0 Å². The molecule has 2 atom stereocenters. The topological polar surface area (TPSA) is 84.1 Å². The number of carbonyl (C=O) groups is 1. The minimum absolute atomic E-state index is 0.0813. The van der Waals surface area contributed by atoms with Crippen molar-refractivity contribution in [1.29, 1.82) is 0 Å².